The molecule has 1 aliphatic heterocycles. The molecular formula is C22H29N5O2S. The van der Waals surface area contributed by atoms with Crippen LogP contribution in [0.1, 0.15) is 42.0 Å². The second-order valence-electron chi connectivity index (χ2n) is 8.17. The van der Waals surface area contributed by atoms with Gasteiger partial charge in [-0.25, -0.2) is 9.67 Å². The average molecular weight is 428 g/mol. The highest BCUT2D eigenvalue weighted by Crippen LogP contribution is 2.30. The summed E-state index contributed by atoms with van der Waals surface area (Å²) in [6.07, 6.45) is 1.76. The SMILES string of the molecule is Cc1ccc(-c2cc(C(=O)NC(C)CN3CCOCC3)c3cnn(C(C)C)c3n2)s1. The number of thiophene rings is 1. The van der Waals surface area contributed by atoms with Gasteiger partial charge in [0.05, 0.1) is 40.9 Å². The number of aryl methyl sites for hydroxylation is 1. The van der Waals surface area contributed by atoms with Crippen LogP contribution in [0.3, 0.4) is 0 Å². The second kappa shape index (κ2) is 8.83. The Morgan fingerprint density at radius 3 is 2.70 bits per heavy atom. The molecule has 160 valence electrons. The van der Waals surface area contributed by atoms with Crippen molar-refractivity contribution < 1.29 is 9.53 Å². The minimum Gasteiger partial charge on any atom is -0.379 e. The first-order valence-corrected chi connectivity index (χ1v) is 11.3. The molecule has 1 amide bonds. The van der Waals surface area contributed by atoms with Crippen molar-refractivity contribution in [3.8, 4) is 10.6 Å². The van der Waals surface area contributed by atoms with Crippen LogP contribution in [0.25, 0.3) is 21.6 Å². The number of hydrogen-bond acceptors (Lipinski definition) is 6. The van der Waals surface area contributed by atoms with Crippen molar-refractivity contribution in [1.29, 1.82) is 0 Å². The standard InChI is InChI=1S/C22H29N5O2S/c1-14(2)27-21-18(12-23-27)17(11-19(25-21)20-6-5-16(4)30-20)22(28)24-15(3)13-26-7-9-29-10-8-26/h5-6,11-12,14-15H,7-10,13H2,1-4H3,(H,24,28). The van der Waals surface area contributed by atoms with E-state index >= 15 is 0 Å². The van der Waals surface area contributed by atoms with Crippen molar-refractivity contribution in [3.05, 3.63) is 34.8 Å². The van der Waals surface area contributed by atoms with Crippen LogP contribution in [0.5, 0.6) is 0 Å². The highest BCUT2D eigenvalue weighted by atomic mass is 32.1. The van der Waals surface area contributed by atoms with Crippen molar-refractivity contribution in [2.75, 3.05) is 32.8 Å². The molecule has 3 aromatic rings. The van der Waals surface area contributed by atoms with E-state index in [0.29, 0.717) is 5.56 Å². The summed E-state index contributed by atoms with van der Waals surface area (Å²) >= 11 is 1.68. The van der Waals surface area contributed by atoms with Gasteiger partial charge in [0, 0.05) is 36.6 Å². The number of rotatable bonds is 6. The minimum atomic E-state index is -0.0824. The molecule has 0 aliphatic carbocycles. The zero-order valence-corrected chi connectivity index (χ0v) is 18.8. The van der Waals surface area contributed by atoms with Gasteiger partial charge in [-0.05, 0) is 45.9 Å². The Morgan fingerprint density at radius 1 is 1.27 bits per heavy atom. The molecule has 30 heavy (non-hydrogen) atoms. The summed E-state index contributed by atoms with van der Waals surface area (Å²) < 4.78 is 7.30. The predicted octanol–water partition coefficient (Wildman–Crippen LogP) is 3.50. The fourth-order valence-corrected chi connectivity index (χ4v) is 4.63. The van der Waals surface area contributed by atoms with E-state index in [4.69, 9.17) is 9.72 Å². The summed E-state index contributed by atoms with van der Waals surface area (Å²) in [6.45, 7) is 12.4. The van der Waals surface area contributed by atoms with Crippen LogP contribution in [-0.4, -0.2) is 64.5 Å². The number of morpholine rings is 1. The van der Waals surface area contributed by atoms with Gasteiger partial charge in [0.1, 0.15) is 0 Å². The zero-order valence-electron chi connectivity index (χ0n) is 18.0. The van der Waals surface area contributed by atoms with Crippen LogP contribution in [0.4, 0.5) is 0 Å². The summed E-state index contributed by atoms with van der Waals surface area (Å²) in [5, 5.41) is 8.47. The molecule has 0 radical (unpaired) electrons. The molecule has 1 N–H and O–H groups in total. The number of carbonyl (C=O) groups excluding carboxylic acids is 1. The first kappa shape index (κ1) is 21.0. The minimum absolute atomic E-state index is 0.0337. The first-order chi connectivity index (χ1) is 14.4. The molecule has 0 saturated carbocycles. The Kier molecular flexibility index (Phi) is 6.17. The van der Waals surface area contributed by atoms with Gasteiger partial charge in [0.15, 0.2) is 5.65 Å². The van der Waals surface area contributed by atoms with E-state index in [1.807, 2.05) is 17.7 Å². The molecule has 4 rings (SSSR count). The summed E-state index contributed by atoms with van der Waals surface area (Å²) in [6, 6.07) is 6.23. The van der Waals surface area contributed by atoms with Gasteiger partial charge < -0.3 is 10.1 Å². The van der Waals surface area contributed by atoms with Gasteiger partial charge in [-0.15, -0.1) is 11.3 Å². The van der Waals surface area contributed by atoms with E-state index in [1.165, 1.54) is 4.88 Å². The smallest absolute Gasteiger partial charge is 0.252 e. The average Bonchev–Trinajstić information content (AvgIpc) is 3.34. The van der Waals surface area contributed by atoms with Crippen LogP contribution in [0.15, 0.2) is 24.4 Å². The van der Waals surface area contributed by atoms with E-state index in [1.54, 1.807) is 17.5 Å². The molecule has 7 nitrogen and oxygen atoms in total. The Hall–Kier alpha value is -2.29. The molecule has 1 aliphatic rings. The molecule has 3 aromatic heterocycles. The maximum absolute atomic E-state index is 13.3. The number of pyridine rings is 1. The summed E-state index contributed by atoms with van der Waals surface area (Å²) in [7, 11) is 0. The molecule has 1 fully saturated rings. The molecule has 8 heteroatoms. The van der Waals surface area contributed by atoms with E-state index < -0.39 is 0 Å². The van der Waals surface area contributed by atoms with Crippen molar-refractivity contribution in [2.45, 2.75) is 39.8 Å². The van der Waals surface area contributed by atoms with Crippen molar-refractivity contribution in [3.63, 3.8) is 0 Å². The highest BCUT2D eigenvalue weighted by Gasteiger charge is 2.21. The van der Waals surface area contributed by atoms with Crippen molar-refractivity contribution in [2.24, 2.45) is 0 Å². The van der Waals surface area contributed by atoms with Crippen LogP contribution < -0.4 is 5.32 Å². The Morgan fingerprint density at radius 2 is 2.03 bits per heavy atom. The predicted molar refractivity (Wildman–Crippen MR) is 120 cm³/mol. The monoisotopic (exact) mass is 427 g/mol. The topological polar surface area (TPSA) is 72.3 Å². The second-order valence-corrected chi connectivity index (χ2v) is 9.46. The van der Waals surface area contributed by atoms with E-state index in [0.717, 1.165) is 54.5 Å². The van der Waals surface area contributed by atoms with E-state index in [2.05, 4.69) is 48.2 Å². The Bertz CT molecular complexity index is 1040. The molecule has 0 spiro atoms. The number of ether oxygens (including phenoxy) is 1. The van der Waals surface area contributed by atoms with Crippen LogP contribution in [0, 0.1) is 6.92 Å². The Balaban J connectivity index is 1.65. The van der Waals surface area contributed by atoms with Crippen LogP contribution in [-0.2, 0) is 4.74 Å². The van der Waals surface area contributed by atoms with Crippen LogP contribution >= 0.6 is 11.3 Å². The molecule has 1 saturated heterocycles. The molecular weight excluding hydrogens is 398 g/mol. The number of nitrogens with zero attached hydrogens (tertiary/aromatic N) is 4. The van der Waals surface area contributed by atoms with Crippen molar-refractivity contribution in [1.82, 2.24) is 25.0 Å². The summed E-state index contributed by atoms with van der Waals surface area (Å²) in [4.78, 5) is 22.7. The van der Waals surface area contributed by atoms with Gasteiger partial charge in [-0.2, -0.15) is 5.10 Å². The number of nitrogens with one attached hydrogen (secondary N) is 1. The van der Waals surface area contributed by atoms with Crippen LogP contribution in [0.2, 0.25) is 0 Å². The van der Waals surface area contributed by atoms with Gasteiger partial charge in [0.25, 0.3) is 5.91 Å². The normalized spacial score (nSPS) is 16.3. The largest absolute Gasteiger partial charge is 0.379 e. The number of carbonyl (C=O) groups is 1. The number of amides is 1. The lowest BCUT2D eigenvalue weighted by atomic mass is 10.1. The summed E-state index contributed by atoms with van der Waals surface area (Å²) in [5.41, 5.74) is 2.19. The van der Waals surface area contributed by atoms with E-state index in [-0.39, 0.29) is 18.0 Å². The van der Waals surface area contributed by atoms with Gasteiger partial charge in [-0.3, -0.25) is 9.69 Å². The van der Waals surface area contributed by atoms with Crippen molar-refractivity contribution >= 4 is 28.3 Å². The Labute approximate surface area is 181 Å². The van der Waals surface area contributed by atoms with Gasteiger partial charge in [-0.1, -0.05) is 0 Å². The fourth-order valence-electron chi connectivity index (χ4n) is 3.80. The van der Waals surface area contributed by atoms with E-state index in [9.17, 15) is 4.79 Å². The van der Waals surface area contributed by atoms with Gasteiger partial charge >= 0.3 is 0 Å². The lowest BCUT2D eigenvalue weighted by molar-refractivity contribution is 0.0342. The third-order valence-corrected chi connectivity index (χ3v) is 6.33. The lowest BCUT2D eigenvalue weighted by Crippen LogP contribution is -2.46. The molecule has 1 unspecified atom stereocenters. The van der Waals surface area contributed by atoms with Gasteiger partial charge in [0.2, 0.25) is 0 Å². The maximum Gasteiger partial charge on any atom is 0.252 e. The fraction of sp³-hybridized carbons (Fsp3) is 0.500. The molecule has 0 bridgehead atoms. The maximum atomic E-state index is 13.3. The zero-order chi connectivity index (χ0) is 21.3. The third kappa shape index (κ3) is 4.40. The number of hydrogen-bond donors (Lipinski definition) is 1. The number of aromatic nitrogens is 3. The quantitative estimate of drug-likeness (QED) is 0.652. The highest BCUT2D eigenvalue weighted by molar-refractivity contribution is 7.15. The molecule has 1 atom stereocenters. The first-order valence-electron chi connectivity index (χ1n) is 10.5. The number of fused-ring (bicyclic) bond motifs is 1. The molecule has 0 aromatic carbocycles. The lowest BCUT2D eigenvalue weighted by Gasteiger charge is -2.29. The third-order valence-electron chi connectivity index (χ3n) is 5.31. The summed E-state index contributed by atoms with van der Waals surface area (Å²) in [5.74, 6) is -0.0824. The molecule has 4 heterocycles.